The van der Waals surface area contributed by atoms with Gasteiger partial charge in [0.25, 0.3) is 0 Å². The van der Waals surface area contributed by atoms with Gasteiger partial charge in [-0.05, 0) is 27.7 Å². The van der Waals surface area contributed by atoms with E-state index in [0.29, 0.717) is 0 Å². The molecule has 4 nitrogen and oxygen atoms in total. The Balaban J connectivity index is 3.96. The second-order valence-electron chi connectivity index (χ2n) is 4.20. The van der Waals surface area contributed by atoms with E-state index >= 15 is 0 Å². The van der Waals surface area contributed by atoms with Gasteiger partial charge in [-0.15, -0.1) is 0 Å². The molecule has 0 rings (SSSR count). The molecule has 0 radical (unpaired) electrons. The smallest absolute Gasteiger partial charge is 0.305 e. The Morgan fingerprint density at radius 1 is 1.54 bits per heavy atom. The molecule has 4 heteroatoms. The van der Waals surface area contributed by atoms with Crippen molar-refractivity contribution in [2.24, 2.45) is 5.73 Å². The summed E-state index contributed by atoms with van der Waals surface area (Å²) >= 11 is 0. The average molecular weight is 189 g/mol. The molecule has 0 aromatic carbocycles. The summed E-state index contributed by atoms with van der Waals surface area (Å²) in [5.41, 5.74) is 5.34. The van der Waals surface area contributed by atoms with E-state index in [1.54, 1.807) is 6.92 Å². The number of hydrogen-bond acceptors (Lipinski definition) is 3. The maximum absolute atomic E-state index is 10.3. The van der Waals surface area contributed by atoms with Crippen molar-refractivity contribution in [2.75, 3.05) is 0 Å². The number of nitrogens with two attached hydrogens (primary N) is 1. The van der Waals surface area contributed by atoms with Crippen LogP contribution < -0.4 is 5.73 Å². The van der Waals surface area contributed by atoms with Crippen LogP contribution in [-0.2, 0) is 9.53 Å². The van der Waals surface area contributed by atoms with Crippen molar-refractivity contribution in [1.82, 2.24) is 0 Å². The molecule has 0 aliphatic carbocycles. The van der Waals surface area contributed by atoms with Crippen LogP contribution in [0.4, 0.5) is 0 Å². The number of ether oxygens (including phenoxy) is 1. The molecule has 0 bridgehead atoms. The Kier molecular flexibility index (Phi) is 4.36. The zero-order valence-corrected chi connectivity index (χ0v) is 8.70. The Morgan fingerprint density at radius 3 is 2.31 bits per heavy atom. The Hall–Kier alpha value is -0.610. The van der Waals surface area contributed by atoms with Gasteiger partial charge in [0, 0.05) is 6.04 Å². The third-order valence-electron chi connectivity index (χ3n) is 1.55. The van der Waals surface area contributed by atoms with Gasteiger partial charge in [0.2, 0.25) is 0 Å². The van der Waals surface area contributed by atoms with Crippen molar-refractivity contribution in [3.05, 3.63) is 0 Å². The van der Waals surface area contributed by atoms with E-state index in [1.165, 1.54) is 0 Å². The highest BCUT2D eigenvalue weighted by Gasteiger charge is 2.22. The molecule has 0 spiro atoms. The molecule has 0 fully saturated rings. The van der Waals surface area contributed by atoms with Gasteiger partial charge < -0.3 is 15.6 Å². The summed E-state index contributed by atoms with van der Waals surface area (Å²) < 4.78 is 5.51. The molecule has 2 atom stereocenters. The van der Waals surface area contributed by atoms with Crippen LogP contribution in [-0.4, -0.2) is 28.8 Å². The minimum absolute atomic E-state index is 0.0583. The fourth-order valence-electron chi connectivity index (χ4n) is 1.01. The monoisotopic (exact) mass is 189 g/mol. The molecule has 3 N–H and O–H groups in total. The Bertz CT molecular complexity index is 174. The first-order chi connectivity index (χ1) is 5.72. The molecule has 0 amide bonds. The van der Waals surface area contributed by atoms with Gasteiger partial charge in [0.05, 0.1) is 18.1 Å². The number of carboxylic acid groups (broad SMARTS) is 1. The van der Waals surface area contributed by atoms with Crippen molar-refractivity contribution < 1.29 is 14.6 Å². The Labute approximate surface area is 79.1 Å². The van der Waals surface area contributed by atoms with Crippen LogP contribution in [0.1, 0.15) is 34.1 Å². The van der Waals surface area contributed by atoms with Crippen molar-refractivity contribution in [3.63, 3.8) is 0 Å². The summed E-state index contributed by atoms with van der Waals surface area (Å²) in [6.45, 7) is 7.53. The van der Waals surface area contributed by atoms with Gasteiger partial charge >= 0.3 is 5.97 Å². The highest BCUT2D eigenvalue weighted by atomic mass is 16.5. The molecule has 0 aliphatic heterocycles. The lowest BCUT2D eigenvalue weighted by atomic mass is 10.1. The molecule has 0 heterocycles. The van der Waals surface area contributed by atoms with Crippen molar-refractivity contribution in [1.29, 1.82) is 0 Å². The number of carboxylic acids is 1. The predicted octanol–water partition coefficient (Wildman–Crippen LogP) is 0.992. The summed E-state index contributed by atoms with van der Waals surface area (Å²) in [5, 5.41) is 8.50. The summed E-state index contributed by atoms with van der Waals surface area (Å²) in [6, 6.07) is -0.447. The minimum atomic E-state index is -0.892. The van der Waals surface area contributed by atoms with E-state index in [1.807, 2.05) is 20.8 Å². The van der Waals surface area contributed by atoms with Gasteiger partial charge in [-0.3, -0.25) is 4.79 Å². The van der Waals surface area contributed by atoms with Crippen LogP contribution >= 0.6 is 0 Å². The van der Waals surface area contributed by atoms with Gasteiger partial charge in [-0.1, -0.05) is 0 Å². The molecular formula is C9H19NO3. The molecule has 0 saturated carbocycles. The average Bonchev–Trinajstić information content (AvgIpc) is 1.81. The summed E-state index contributed by atoms with van der Waals surface area (Å²) in [5.74, 6) is -0.892. The third-order valence-corrected chi connectivity index (χ3v) is 1.55. The summed E-state index contributed by atoms with van der Waals surface area (Å²) in [6.07, 6.45) is -0.298. The fraction of sp³-hybridized carbons (Fsp3) is 0.889. The quantitative estimate of drug-likeness (QED) is 0.691. The van der Waals surface area contributed by atoms with Crippen LogP contribution in [0.3, 0.4) is 0 Å². The number of carbonyl (C=O) groups is 1. The van der Waals surface area contributed by atoms with Crippen molar-refractivity contribution >= 4 is 5.97 Å². The molecule has 78 valence electrons. The minimum Gasteiger partial charge on any atom is -0.481 e. The second-order valence-corrected chi connectivity index (χ2v) is 4.20. The lowest BCUT2D eigenvalue weighted by molar-refractivity contribution is -0.139. The van der Waals surface area contributed by atoms with Gasteiger partial charge in [0.1, 0.15) is 0 Å². The van der Waals surface area contributed by atoms with Crippen molar-refractivity contribution in [2.45, 2.75) is 51.9 Å². The van der Waals surface area contributed by atoms with E-state index in [9.17, 15) is 4.79 Å². The first-order valence-corrected chi connectivity index (χ1v) is 4.37. The summed E-state index contributed by atoms with van der Waals surface area (Å²) in [4.78, 5) is 10.3. The van der Waals surface area contributed by atoms with Crippen LogP contribution in [0.15, 0.2) is 0 Å². The van der Waals surface area contributed by atoms with E-state index in [4.69, 9.17) is 15.6 Å². The van der Waals surface area contributed by atoms with E-state index < -0.39 is 12.0 Å². The molecule has 0 aromatic heterocycles. The molecule has 0 aromatic rings. The number of hydrogen-bond donors (Lipinski definition) is 2. The summed E-state index contributed by atoms with van der Waals surface area (Å²) in [7, 11) is 0. The topological polar surface area (TPSA) is 72.5 Å². The fourth-order valence-corrected chi connectivity index (χ4v) is 1.01. The number of aliphatic carboxylic acids is 1. The van der Waals surface area contributed by atoms with E-state index in [2.05, 4.69) is 0 Å². The molecular weight excluding hydrogens is 170 g/mol. The zero-order valence-electron chi connectivity index (χ0n) is 8.70. The predicted molar refractivity (Wildman–Crippen MR) is 50.5 cm³/mol. The molecule has 0 saturated heterocycles. The van der Waals surface area contributed by atoms with Crippen LogP contribution in [0, 0.1) is 0 Å². The molecule has 0 aliphatic rings. The van der Waals surface area contributed by atoms with Crippen molar-refractivity contribution in [3.8, 4) is 0 Å². The van der Waals surface area contributed by atoms with Crippen LogP contribution in [0.25, 0.3) is 0 Å². The normalized spacial score (nSPS) is 16.7. The maximum Gasteiger partial charge on any atom is 0.305 e. The first-order valence-electron chi connectivity index (χ1n) is 4.37. The zero-order chi connectivity index (χ0) is 10.6. The largest absolute Gasteiger partial charge is 0.481 e. The Morgan fingerprint density at radius 2 is 2.00 bits per heavy atom. The molecule has 1 unspecified atom stereocenters. The highest BCUT2D eigenvalue weighted by molar-refractivity contribution is 5.67. The lowest BCUT2D eigenvalue weighted by Gasteiger charge is -2.28. The van der Waals surface area contributed by atoms with E-state index in [-0.39, 0.29) is 18.1 Å². The standard InChI is InChI=1S/C9H19NO3/c1-6(13-9(2,3)4)7(10)5-8(11)12/h6-7H,5,10H2,1-4H3,(H,11,12)/t6?,7-/m1/s1. The van der Waals surface area contributed by atoms with Crippen LogP contribution in [0.2, 0.25) is 0 Å². The second kappa shape index (κ2) is 4.58. The van der Waals surface area contributed by atoms with Gasteiger partial charge in [-0.2, -0.15) is 0 Å². The van der Waals surface area contributed by atoms with E-state index in [0.717, 1.165) is 0 Å². The third kappa shape index (κ3) is 6.54. The maximum atomic E-state index is 10.3. The SMILES string of the molecule is CC(OC(C)(C)C)[C@H](N)CC(=O)O. The van der Waals surface area contributed by atoms with Gasteiger partial charge in [0.15, 0.2) is 0 Å². The van der Waals surface area contributed by atoms with Crippen LogP contribution in [0.5, 0.6) is 0 Å². The lowest BCUT2D eigenvalue weighted by Crippen LogP contribution is -2.40. The first kappa shape index (κ1) is 12.4. The van der Waals surface area contributed by atoms with Gasteiger partial charge in [-0.25, -0.2) is 0 Å². The number of rotatable bonds is 4. The molecule has 13 heavy (non-hydrogen) atoms. The highest BCUT2D eigenvalue weighted by Crippen LogP contribution is 2.13.